The molecular weight excluding hydrogens is 434 g/mol. The third kappa shape index (κ3) is 3.32. The number of hydrazine groups is 1. The molecule has 0 aliphatic rings. The van der Waals surface area contributed by atoms with Gasteiger partial charge in [0, 0.05) is 5.56 Å². The zero-order valence-corrected chi connectivity index (χ0v) is 12.6. The summed E-state index contributed by atoms with van der Waals surface area (Å²) >= 11 is 4.23. The van der Waals surface area contributed by atoms with E-state index in [1.165, 1.54) is 0 Å². The Kier molecular flexibility index (Phi) is 5.49. The Labute approximate surface area is 121 Å². The Morgan fingerprint density at radius 2 is 2.06 bits per heavy atom. The van der Waals surface area contributed by atoms with Crippen LogP contribution < -0.4 is 16.0 Å². The molecule has 0 saturated carbocycles. The number of carbonyl (C=O) groups excluding carboxylic acids is 1. The fourth-order valence-electron chi connectivity index (χ4n) is 1.05. The lowest BCUT2D eigenvalue weighted by Crippen LogP contribution is -2.30. The van der Waals surface area contributed by atoms with E-state index in [4.69, 9.17) is 10.6 Å². The summed E-state index contributed by atoms with van der Waals surface area (Å²) in [5.74, 6) is 5.52. The second-order valence-corrected chi connectivity index (χ2v) is 5.17. The average Bonchev–Trinajstić information content (AvgIpc) is 2.26. The SMILES string of the molecule is C=CCOc1c(I)cc(C(=O)NN)cc1I. The first-order valence-corrected chi connectivity index (χ1v) is 6.49. The highest BCUT2D eigenvalue weighted by Gasteiger charge is 2.12. The van der Waals surface area contributed by atoms with E-state index in [9.17, 15) is 4.79 Å². The van der Waals surface area contributed by atoms with E-state index < -0.39 is 0 Å². The maximum Gasteiger partial charge on any atom is 0.265 e. The molecule has 1 rings (SSSR count). The number of nitrogen functional groups attached to an aromatic ring is 1. The number of amides is 1. The van der Waals surface area contributed by atoms with Gasteiger partial charge in [-0.3, -0.25) is 10.2 Å². The number of benzene rings is 1. The van der Waals surface area contributed by atoms with Gasteiger partial charge >= 0.3 is 0 Å². The molecule has 86 valence electrons. The van der Waals surface area contributed by atoms with Gasteiger partial charge in [0.2, 0.25) is 0 Å². The van der Waals surface area contributed by atoms with Gasteiger partial charge in [0.1, 0.15) is 12.4 Å². The van der Waals surface area contributed by atoms with Crippen molar-refractivity contribution >= 4 is 51.1 Å². The minimum atomic E-state index is -0.314. The zero-order valence-electron chi connectivity index (χ0n) is 8.30. The van der Waals surface area contributed by atoms with Crippen molar-refractivity contribution < 1.29 is 9.53 Å². The molecule has 3 N–H and O–H groups in total. The van der Waals surface area contributed by atoms with Gasteiger partial charge in [-0.25, -0.2) is 5.84 Å². The van der Waals surface area contributed by atoms with Crippen molar-refractivity contribution in [2.24, 2.45) is 5.84 Å². The van der Waals surface area contributed by atoms with Gasteiger partial charge < -0.3 is 4.74 Å². The molecule has 16 heavy (non-hydrogen) atoms. The molecule has 0 spiro atoms. The van der Waals surface area contributed by atoms with Gasteiger partial charge in [0.15, 0.2) is 0 Å². The quantitative estimate of drug-likeness (QED) is 0.246. The van der Waals surface area contributed by atoms with Crippen molar-refractivity contribution in [3.8, 4) is 5.75 Å². The number of carbonyl (C=O) groups is 1. The first-order chi connectivity index (χ1) is 7.60. The number of hydrogen-bond donors (Lipinski definition) is 2. The summed E-state index contributed by atoms with van der Waals surface area (Å²) in [6, 6.07) is 3.45. The van der Waals surface area contributed by atoms with Crippen LogP contribution >= 0.6 is 45.2 Å². The van der Waals surface area contributed by atoms with Crippen LogP contribution in [0.4, 0.5) is 0 Å². The summed E-state index contributed by atoms with van der Waals surface area (Å²) < 4.78 is 7.22. The summed E-state index contributed by atoms with van der Waals surface area (Å²) in [5, 5.41) is 0. The molecule has 1 amide bonds. The van der Waals surface area contributed by atoms with E-state index in [0.29, 0.717) is 12.2 Å². The normalized spacial score (nSPS) is 9.69. The molecule has 0 radical (unpaired) electrons. The number of nitrogens with two attached hydrogens (primary N) is 1. The van der Waals surface area contributed by atoms with Crippen molar-refractivity contribution in [2.75, 3.05) is 6.61 Å². The van der Waals surface area contributed by atoms with E-state index in [2.05, 4.69) is 57.2 Å². The molecular formula is C10H10I2N2O2. The summed E-state index contributed by atoms with van der Waals surface area (Å²) in [6.45, 7) is 4.02. The van der Waals surface area contributed by atoms with Crippen molar-refractivity contribution in [3.63, 3.8) is 0 Å². The lowest BCUT2D eigenvalue weighted by atomic mass is 10.2. The predicted octanol–water partition coefficient (Wildman–Crippen LogP) is 2.06. The van der Waals surface area contributed by atoms with E-state index in [0.717, 1.165) is 12.9 Å². The number of rotatable bonds is 4. The number of nitrogens with one attached hydrogen (secondary N) is 1. The van der Waals surface area contributed by atoms with Gasteiger partial charge in [-0.1, -0.05) is 12.7 Å². The van der Waals surface area contributed by atoms with E-state index in [-0.39, 0.29) is 5.91 Å². The van der Waals surface area contributed by atoms with Crippen LogP contribution in [-0.4, -0.2) is 12.5 Å². The Hall–Kier alpha value is -0.350. The Morgan fingerprint density at radius 3 is 2.50 bits per heavy atom. The monoisotopic (exact) mass is 444 g/mol. The lowest BCUT2D eigenvalue weighted by molar-refractivity contribution is 0.0953. The maximum atomic E-state index is 11.3. The first kappa shape index (κ1) is 13.7. The van der Waals surface area contributed by atoms with Gasteiger partial charge in [-0.15, -0.1) is 0 Å². The van der Waals surface area contributed by atoms with Crippen LogP contribution in [-0.2, 0) is 0 Å². The zero-order chi connectivity index (χ0) is 12.1. The molecule has 0 aliphatic carbocycles. The van der Waals surface area contributed by atoms with E-state index in [1.807, 2.05) is 0 Å². The summed E-state index contributed by atoms with van der Waals surface area (Å²) in [5.41, 5.74) is 2.61. The van der Waals surface area contributed by atoms with Crippen LogP contribution in [0, 0.1) is 7.14 Å². The molecule has 0 fully saturated rings. The largest absolute Gasteiger partial charge is 0.487 e. The van der Waals surface area contributed by atoms with Crippen molar-refractivity contribution in [1.82, 2.24) is 5.43 Å². The molecule has 1 aromatic carbocycles. The van der Waals surface area contributed by atoms with Crippen LogP contribution in [0.2, 0.25) is 0 Å². The highest BCUT2D eigenvalue weighted by atomic mass is 127. The second-order valence-electron chi connectivity index (χ2n) is 2.84. The standard InChI is InChI=1S/C10H10I2N2O2/c1-2-3-16-9-7(11)4-6(5-8(9)12)10(15)14-13/h2,4-5H,1,3,13H2,(H,14,15). The predicted molar refractivity (Wildman–Crippen MR) is 79.2 cm³/mol. The molecule has 0 aliphatic heterocycles. The van der Waals surface area contributed by atoms with Gasteiger partial charge in [-0.05, 0) is 57.3 Å². The second kappa shape index (κ2) is 6.40. The van der Waals surface area contributed by atoms with Crippen molar-refractivity contribution in [3.05, 3.63) is 37.5 Å². The molecule has 4 nitrogen and oxygen atoms in total. The molecule has 0 unspecified atom stereocenters. The van der Waals surface area contributed by atoms with E-state index >= 15 is 0 Å². The minimum Gasteiger partial charge on any atom is -0.487 e. The van der Waals surface area contributed by atoms with Crippen LogP contribution in [0.25, 0.3) is 0 Å². The fraction of sp³-hybridized carbons (Fsp3) is 0.100. The molecule has 6 heteroatoms. The van der Waals surface area contributed by atoms with Crippen LogP contribution in [0.5, 0.6) is 5.75 Å². The molecule has 1 aromatic rings. The highest BCUT2D eigenvalue weighted by molar-refractivity contribution is 14.1. The minimum absolute atomic E-state index is 0.314. The smallest absolute Gasteiger partial charge is 0.265 e. The summed E-state index contributed by atoms with van der Waals surface area (Å²) in [7, 11) is 0. The Balaban J connectivity index is 3.06. The number of hydrogen-bond acceptors (Lipinski definition) is 3. The molecule has 0 heterocycles. The van der Waals surface area contributed by atoms with Crippen LogP contribution in [0.3, 0.4) is 0 Å². The molecule has 0 atom stereocenters. The lowest BCUT2D eigenvalue weighted by Gasteiger charge is -2.10. The third-order valence-electron chi connectivity index (χ3n) is 1.74. The third-order valence-corrected chi connectivity index (χ3v) is 3.34. The first-order valence-electron chi connectivity index (χ1n) is 4.33. The topological polar surface area (TPSA) is 64.3 Å². The molecule has 0 saturated heterocycles. The van der Waals surface area contributed by atoms with Crippen molar-refractivity contribution in [1.29, 1.82) is 0 Å². The summed E-state index contributed by atoms with van der Waals surface area (Å²) in [4.78, 5) is 11.3. The van der Waals surface area contributed by atoms with Crippen LogP contribution in [0.15, 0.2) is 24.8 Å². The molecule has 0 aromatic heterocycles. The molecule has 0 bridgehead atoms. The highest BCUT2D eigenvalue weighted by Crippen LogP contribution is 2.28. The average molecular weight is 444 g/mol. The maximum absolute atomic E-state index is 11.3. The number of halogens is 2. The fourth-order valence-corrected chi connectivity index (χ4v) is 3.13. The van der Waals surface area contributed by atoms with E-state index in [1.54, 1.807) is 18.2 Å². The van der Waals surface area contributed by atoms with Gasteiger partial charge in [0.05, 0.1) is 7.14 Å². The number of ether oxygens (including phenoxy) is 1. The van der Waals surface area contributed by atoms with Crippen LogP contribution in [0.1, 0.15) is 10.4 Å². The van der Waals surface area contributed by atoms with Gasteiger partial charge in [-0.2, -0.15) is 0 Å². The summed E-state index contributed by atoms with van der Waals surface area (Å²) in [6.07, 6.45) is 1.67. The van der Waals surface area contributed by atoms with Gasteiger partial charge in [0.25, 0.3) is 5.91 Å². The Morgan fingerprint density at radius 1 is 1.50 bits per heavy atom. The Bertz CT molecular complexity index is 398. The van der Waals surface area contributed by atoms with Crippen molar-refractivity contribution in [2.45, 2.75) is 0 Å².